The maximum Gasteiger partial charge on any atom is 0.188 e. The van der Waals surface area contributed by atoms with E-state index in [0.717, 1.165) is 32.4 Å². The van der Waals surface area contributed by atoms with Crippen LogP contribution in [0, 0.1) is 0 Å². The normalized spacial score (nSPS) is 17.0. The Hall–Kier alpha value is -2.83. The van der Waals surface area contributed by atoms with E-state index < -0.39 is 0 Å². The SMILES string of the molecule is COCOc1cc2c(cc1Sc1ccccc1)[C@H](C)[C@@H](c1ccc(OC)c(OC)c1)O2. The average Bonchev–Trinajstić information content (AvgIpc) is 3.13. The van der Waals surface area contributed by atoms with Crippen LogP contribution in [0.2, 0.25) is 0 Å². The van der Waals surface area contributed by atoms with Crippen molar-refractivity contribution in [2.24, 2.45) is 0 Å². The monoisotopic (exact) mass is 438 g/mol. The fourth-order valence-electron chi connectivity index (χ4n) is 3.73. The van der Waals surface area contributed by atoms with E-state index in [1.165, 1.54) is 0 Å². The van der Waals surface area contributed by atoms with Crippen LogP contribution >= 0.6 is 11.8 Å². The molecule has 162 valence electrons. The van der Waals surface area contributed by atoms with Gasteiger partial charge in [-0.15, -0.1) is 0 Å². The Morgan fingerprint density at radius 2 is 1.65 bits per heavy atom. The molecular weight excluding hydrogens is 412 g/mol. The first-order chi connectivity index (χ1) is 15.1. The van der Waals surface area contributed by atoms with Crippen molar-refractivity contribution >= 4 is 11.8 Å². The van der Waals surface area contributed by atoms with Crippen LogP contribution in [0.1, 0.15) is 30.1 Å². The molecule has 0 N–H and O–H groups in total. The van der Waals surface area contributed by atoms with Crippen molar-refractivity contribution in [3.63, 3.8) is 0 Å². The Balaban J connectivity index is 1.67. The van der Waals surface area contributed by atoms with Gasteiger partial charge in [-0.1, -0.05) is 43.0 Å². The summed E-state index contributed by atoms with van der Waals surface area (Å²) in [5.74, 6) is 3.13. The van der Waals surface area contributed by atoms with Gasteiger partial charge in [-0.05, 0) is 35.9 Å². The Labute approximate surface area is 187 Å². The lowest BCUT2D eigenvalue weighted by Crippen LogP contribution is -2.07. The zero-order chi connectivity index (χ0) is 21.8. The van der Waals surface area contributed by atoms with E-state index in [0.29, 0.717) is 11.5 Å². The summed E-state index contributed by atoms with van der Waals surface area (Å²) in [6, 6.07) is 20.3. The standard InChI is InChI=1S/C25H26O5S/c1-16-19-13-24(31-18-8-6-5-7-9-18)23(29-15-26-2)14-21(19)30-25(16)17-10-11-20(27-3)22(12-17)28-4/h5-14,16,25H,15H2,1-4H3/t16-,25-/m0/s1. The van der Waals surface area contributed by atoms with E-state index in [2.05, 4.69) is 25.1 Å². The van der Waals surface area contributed by atoms with Gasteiger partial charge in [-0.2, -0.15) is 0 Å². The number of ether oxygens (including phenoxy) is 5. The summed E-state index contributed by atoms with van der Waals surface area (Å²) in [6.07, 6.45) is -0.123. The Kier molecular flexibility index (Phi) is 6.59. The van der Waals surface area contributed by atoms with Gasteiger partial charge in [0.15, 0.2) is 18.3 Å². The summed E-state index contributed by atoms with van der Waals surface area (Å²) < 4.78 is 28.2. The molecule has 0 fully saturated rings. The molecule has 0 saturated carbocycles. The Bertz CT molecular complexity index is 1040. The third-order valence-electron chi connectivity index (χ3n) is 5.31. The Morgan fingerprint density at radius 1 is 0.871 bits per heavy atom. The minimum Gasteiger partial charge on any atom is -0.493 e. The van der Waals surface area contributed by atoms with E-state index in [-0.39, 0.29) is 18.8 Å². The average molecular weight is 439 g/mol. The fourth-order valence-corrected chi connectivity index (χ4v) is 4.69. The molecular formula is C25H26O5S. The molecule has 31 heavy (non-hydrogen) atoms. The molecule has 0 spiro atoms. The van der Waals surface area contributed by atoms with Crippen molar-refractivity contribution in [1.82, 2.24) is 0 Å². The van der Waals surface area contributed by atoms with Crippen molar-refractivity contribution in [3.05, 3.63) is 71.8 Å². The zero-order valence-corrected chi connectivity index (χ0v) is 18.9. The summed E-state index contributed by atoms with van der Waals surface area (Å²) in [7, 11) is 4.89. The third kappa shape index (κ3) is 4.45. The second kappa shape index (κ2) is 9.54. The van der Waals surface area contributed by atoms with Gasteiger partial charge in [-0.25, -0.2) is 0 Å². The van der Waals surface area contributed by atoms with Crippen LogP contribution in [0.4, 0.5) is 0 Å². The molecule has 6 heteroatoms. The summed E-state index contributed by atoms with van der Waals surface area (Å²) in [5, 5.41) is 0. The quantitative estimate of drug-likeness (QED) is 0.398. The van der Waals surface area contributed by atoms with E-state index in [1.54, 1.807) is 33.1 Å². The molecule has 1 heterocycles. The lowest BCUT2D eigenvalue weighted by molar-refractivity contribution is 0.0489. The predicted molar refractivity (Wildman–Crippen MR) is 121 cm³/mol. The van der Waals surface area contributed by atoms with Crippen LogP contribution in [0.15, 0.2) is 70.5 Å². The number of benzene rings is 3. The molecule has 1 aliphatic rings. The highest BCUT2D eigenvalue weighted by Crippen LogP contribution is 2.51. The first kappa shape index (κ1) is 21.4. The number of rotatable bonds is 8. The van der Waals surface area contributed by atoms with E-state index in [9.17, 15) is 0 Å². The summed E-state index contributed by atoms with van der Waals surface area (Å²) >= 11 is 1.67. The smallest absolute Gasteiger partial charge is 0.188 e. The molecule has 5 nitrogen and oxygen atoms in total. The van der Waals surface area contributed by atoms with Gasteiger partial charge < -0.3 is 23.7 Å². The van der Waals surface area contributed by atoms with E-state index in [1.807, 2.05) is 42.5 Å². The summed E-state index contributed by atoms with van der Waals surface area (Å²) in [6.45, 7) is 2.36. The molecule has 2 atom stereocenters. The first-order valence-electron chi connectivity index (χ1n) is 10.1. The fraction of sp³-hybridized carbons (Fsp3) is 0.280. The maximum atomic E-state index is 6.38. The third-order valence-corrected chi connectivity index (χ3v) is 6.36. The van der Waals surface area contributed by atoms with Crippen molar-refractivity contribution < 1.29 is 23.7 Å². The van der Waals surface area contributed by atoms with E-state index in [4.69, 9.17) is 23.7 Å². The Morgan fingerprint density at radius 3 is 2.35 bits per heavy atom. The van der Waals surface area contributed by atoms with Gasteiger partial charge in [0.2, 0.25) is 0 Å². The highest BCUT2D eigenvalue weighted by Gasteiger charge is 2.34. The van der Waals surface area contributed by atoms with Crippen LogP contribution in [0.5, 0.6) is 23.0 Å². The highest BCUT2D eigenvalue weighted by molar-refractivity contribution is 7.99. The van der Waals surface area contributed by atoms with Crippen LogP contribution in [-0.4, -0.2) is 28.1 Å². The second-order valence-corrected chi connectivity index (χ2v) is 8.36. The molecule has 0 unspecified atom stereocenters. The van der Waals surface area contributed by atoms with Crippen LogP contribution in [-0.2, 0) is 4.74 Å². The number of methoxy groups -OCH3 is 3. The van der Waals surface area contributed by atoms with Crippen molar-refractivity contribution in [2.45, 2.75) is 28.7 Å². The van der Waals surface area contributed by atoms with Gasteiger partial charge in [0, 0.05) is 29.6 Å². The first-order valence-corrected chi connectivity index (χ1v) is 10.9. The van der Waals surface area contributed by atoms with Gasteiger partial charge in [0.05, 0.1) is 19.1 Å². The predicted octanol–water partition coefficient (Wildman–Crippen LogP) is 6.07. The zero-order valence-electron chi connectivity index (χ0n) is 18.1. The molecule has 0 amide bonds. The molecule has 3 aromatic carbocycles. The number of hydrogen-bond donors (Lipinski definition) is 0. The molecule has 0 bridgehead atoms. The van der Waals surface area contributed by atoms with Crippen molar-refractivity contribution in [2.75, 3.05) is 28.1 Å². The topological polar surface area (TPSA) is 46.2 Å². The molecule has 0 aromatic heterocycles. The molecule has 0 saturated heterocycles. The van der Waals surface area contributed by atoms with Gasteiger partial charge in [0.25, 0.3) is 0 Å². The van der Waals surface area contributed by atoms with Crippen LogP contribution in [0.3, 0.4) is 0 Å². The molecule has 0 radical (unpaired) electrons. The highest BCUT2D eigenvalue weighted by atomic mass is 32.2. The molecule has 4 rings (SSSR count). The number of hydrogen-bond acceptors (Lipinski definition) is 6. The summed E-state index contributed by atoms with van der Waals surface area (Å²) in [4.78, 5) is 2.18. The van der Waals surface area contributed by atoms with Gasteiger partial charge in [-0.3, -0.25) is 0 Å². The second-order valence-electron chi connectivity index (χ2n) is 7.24. The molecule has 0 aliphatic carbocycles. The van der Waals surface area contributed by atoms with Crippen molar-refractivity contribution in [1.29, 1.82) is 0 Å². The van der Waals surface area contributed by atoms with Crippen LogP contribution < -0.4 is 18.9 Å². The van der Waals surface area contributed by atoms with Gasteiger partial charge >= 0.3 is 0 Å². The minimum absolute atomic E-state index is 0.123. The summed E-state index contributed by atoms with van der Waals surface area (Å²) in [5.41, 5.74) is 2.20. The largest absolute Gasteiger partial charge is 0.493 e. The lowest BCUT2D eigenvalue weighted by Gasteiger charge is -2.17. The van der Waals surface area contributed by atoms with Crippen molar-refractivity contribution in [3.8, 4) is 23.0 Å². The van der Waals surface area contributed by atoms with Crippen LogP contribution in [0.25, 0.3) is 0 Å². The molecule has 1 aliphatic heterocycles. The minimum atomic E-state index is -0.123. The maximum absolute atomic E-state index is 6.38. The number of fused-ring (bicyclic) bond motifs is 1. The molecule has 3 aromatic rings. The lowest BCUT2D eigenvalue weighted by atomic mass is 9.92. The van der Waals surface area contributed by atoms with Gasteiger partial charge in [0.1, 0.15) is 17.6 Å². The van der Waals surface area contributed by atoms with E-state index >= 15 is 0 Å².